The van der Waals surface area contributed by atoms with Crippen LogP contribution in [0.4, 0.5) is 5.69 Å². The highest BCUT2D eigenvalue weighted by Gasteiger charge is 2.19. The van der Waals surface area contributed by atoms with E-state index in [1.807, 2.05) is 0 Å². The molecule has 2 aromatic rings. The summed E-state index contributed by atoms with van der Waals surface area (Å²) in [7, 11) is 0. The van der Waals surface area contributed by atoms with Gasteiger partial charge in [0.05, 0.1) is 6.54 Å². The Morgan fingerprint density at radius 2 is 1.48 bits per heavy atom. The zero-order valence-corrected chi connectivity index (χ0v) is 15.4. The first-order valence-electron chi connectivity index (χ1n) is 8.63. The molecule has 2 rings (SSSR count). The largest absolute Gasteiger partial charge is 0.339 e. The highest BCUT2D eigenvalue weighted by Crippen LogP contribution is 2.09. The van der Waals surface area contributed by atoms with Crippen molar-refractivity contribution in [1.29, 1.82) is 0 Å². The molecule has 0 aliphatic rings. The van der Waals surface area contributed by atoms with Gasteiger partial charge < -0.3 is 22.1 Å². The van der Waals surface area contributed by atoms with Crippen molar-refractivity contribution in [2.45, 2.75) is 6.04 Å². The Hall–Kier alpha value is -3.71. The molecule has 0 spiro atoms. The number of nitrogens with one attached hydrogen (secondary N) is 3. The number of nitrogens with two attached hydrogens (primary N) is 2. The zero-order chi connectivity index (χ0) is 21.2. The Bertz CT molecular complexity index is 930. The third kappa shape index (κ3) is 6.44. The molecule has 0 aliphatic heterocycles. The monoisotopic (exact) mass is 395 g/mol. The van der Waals surface area contributed by atoms with Gasteiger partial charge in [-0.3, -0.25) is 19.6 Å². The normalized spacial score (nSPS) is 10.9. The third-order valence-electron chi connectivity index (χ3n) is 3.82. The van der Waals surface area contributed by atoms with Crippen molar-refractivity contribution in [3.05, 3.63) is 65.2 Å². The number of amides is 3. The van der Waals surface area contributed by atoms with Gasteiger partial charge in [0.2, 0.25) is 5.91 Å². The standard InChI is InChI=1S/C20H21N5O4/c21-11-17(20(28)25-29)24-19(27)15-7-3-13(4-8-15)1-2-14-5-9-16(10-6-14)23-18(26)12-22/h3-10,17,29H,11-12,21-22H2,(H,23,26)(H,24,27)(H,25,28)/t17-/m0/s1. The number of hydroxylamine groups is 1. The summed E-state index contributed by atoms with van der Waals surface area (Å²) < 4.78 is 0. The van der Waals surface area contributed by atoms with Crippen LogP contribution in [0.25, 0.3) is 0 Å². The topological polar surface area (TPSA) is 160 Å². The van der Waals surface area contributed by atoms with Crippen LogP contribution in [0.3, 0.4) is 0 Å². The van der Waals surface area contributed by atoms with Crippen LogP contribution in [0.1, 0.15) is 21.5 Å². The van der Waals surface area contributed by atoms with Crippen molar-refractivity contribution in [1.82, 2.24) is 10.8 Å². The van der Waals surface area contributed by atoms with E-state index in [2.05, 4.69) is 22.5 Å². The molecule has 0 aliphatic carbocycles. The summed E-state index contributed by atoms with van der Waals surface area (Å²) in [4.78, 5) is 34.8. The van der Waals surface area contributed by atoms with E-state index in [1.165, 1.54) is 5.48 Å². The lowest BCUT2D eigenvalue weighted by Gasteiger charge is -2.14. The summed E-state index contributed by atoms with van der Waals surface area (Å²) in [5.74, 6) is 4.38. The number of carbonyl (C=O) groups excluding carboxylic acids is 3. The average molecular weight is 395 g/mol. The maximum atomic E-state index is 12.2. The van der Waals surface area contributed by atoms with Crippen molar-refractivity contribution in [3.8, 4) is 11.8 Å². The molecule has 9 nitrogen and oxygen atoms in total. The average Bonchev–Trinajstić information content (AvgIpc) is 2.76. The summed E-state index contributed by atoms with van der Waals surface area (Å²) in [6, 6.07) is 12.4. The van der Waals surface area contributed by atoms with E-state index >= 15 is 0 Å². The fourth-order valence-electron chi connectivity index (χ4n) is 2.25. The summed E-state index contributed by atoms with van der Waals surface area (Å²) in [6.45, 7) is -0.243. The Morgan fingerprint density at radius 1 is 0.931 bits per heavy atom. The molecular formula is C20H21N5O4. The number of hydrogen-bond donors (Lipinski definition) is 6. The number of carbonyl (C=O) groups is 3. The van der Waals surface area contributed by atoms with Crippen LogP contribution in [0.5, 0.6) is 0 Å². The third-order valence-corrected chi connectivity index (χ3v) is 3.82. The molecule has 3 amide bonds. The predicted octanol–water partition coefficient (Wildman–Crippen LogP) is -0.454. The van der Waals surface area contributed by atoms with E-state index in [0.29, 0.717) is 16.8 Å². The first-order valence-corrected chi connectivity index (χ1v) is 8.63. The first kappa shape index (κ1) is 21.6. The number of hydrogen-bond acceptors (Lipinski definition) is 6. The van der Waals surface area contributed by atoms with Crippen molar-refractivity contribution >= 4 is 23.4 Å². The summed E-state index contributed by atoms with van der Waals surface area (Å²) >= 11 is 0. The number of benzene rings is 2. The molecular weight excluding hydrogens is 374 g/mol. The molecule has 8 N–H and O–H groups in total. The Labute approximate surface area is 167 Å². The molecule has 1 atom stereocenters. The first-order chi connectivity index (χ1) is 14.0. The summed E-state index contributed by atoms with van der Waals surface area (Å²) in [6.07, 6.45) is 0. The minimum absolute atomic E-state index is 0.0862. The van der Waals surface area contributed by atoms with Gasteiger partial charge in [-0.1, -0.05) is 11.8 Å². The zero-order valence-electron chi connectivity index (χ0n) is 15.4. The van der Waals surface area contributed by atoms with Crippen LogP contribution in [-0.4, -0.2) is 42.1 Å². The molecule has 0 aromatic heterocycles. The van der Waals surface area contributed by atoms with Crippen molar-refractivity contribution in [2.24, 2.45) is 11.5 Å². The molecule has 0 saturated heterocycles. The Morgan fingerprint density at radius 3 is 1.97 bits per heavy atom. The van der Waals surface area contributed by atoms with Crippen molar-refractivity contribution in [3.63, 3.8) is 0 Å². The van der Waals surface area contributed by atoms with E-state index < -0.39 is 17.9 Å². The van der Waals surface area contributed by atoms with Gasteiger partial charge in [-0.25, -0.2) is 5.48 Å². The van der Waals surface area contributed by atoms with E-state index in [-0.39, 0.29) is 19.0 Å². The van der Waals surface area contributed by atoms with Gasteiger partial charge in [0, 0.05) is 28.9 Å². The maximum Gasteiger partial charge on any atom is 0.267 e. The van der Waals surface area contributed by atoms with Crippen molar-refractivity contribution in [2.75, 3.05) is 18.4 Å². The second-order valence-corrected chi connectivity index (χ2v) is 5.89. The van der Waals surface area contributed by atoms with E-state index in [4.69, 9.17) is 16.7 Å². The van der Waals surface area contributed by atoms with E-state index in [1.54, 1.807) is 48.5 Å². The van der Waals surface area contributed by atoms with E-state index in [0.717, 1.165) is 5.56 Å². The molecule has 29 heavy (non-hydrogen) atoms. The highest BCUT2D eigenvalue weighted by atomic mass is 16.5. The summed E-state index contributed by atoms with van der Waals surface area (Å²) in [5.41, 5.74) is 14.5. The minimum Gasteiger partial charge on any atom is -0.339 e. The lowest BCUT2D eigenvalue weighted by atomic mass is 10.1. The SMILES string of the molecule is NCC(=O)Nc1ccc(C#Cc2ccc(C(=O)N[C@@H](CN)C(=O)NO)cc2)cc1. The number of rotatable bonds is 6. The second-order valence-electron chi connectivity index (χ2n) is 5.89. The van der Waals surface area contributed by atoms with Gasteiger partial charge >= 0.3 is 0 Å². The van der Waals surface area contributed by atoms with Crippen LogP contribution >= 0.6 is 0 Å². The molecule has 0 saturated carbocycles. The van der Waals surface area contributed by atoms with Crippen LogP contribution in [0.15, 0.2) is 48.5 Å². The van der Waals surface area contributed by atoms with Crippen LogP contribution in [0, 0.1) is 11.8 Å². The molecule has 150 valence electrons. The minimum atomic E-state index is -1.04. The van der Waals surface area contributed by atoms with Crippen molar-refractivity contribution < 1.29 is 19.6 Å². The lowest BCUT2D eigenvalue weighted by Crippen LogP contribution is -2.50. The van der Waals surface area contributed by atoms with Gasteiger partial charge in [0.25, 0.3) is 11.8 Å². The van der Waals surface area contributed by atoms with Gasteiger partial charge in [0.1, 0.15) is 6.04 Å². The van der Waals surface area contributed by atoms with E-state index in [9.17, 15) is 14.4 Å². The number of anilines is 1. The smallest absolute Gasteiger partial charge is 0.267 e. The molecule has 0 radical (unpaired) electrons. The molecule has 0 heterocycles. The van der Waals surface area contributed by atoms with Gasteiger partial charge in [-0.15, -0.1) is 0 Å². The predicted molar refractivity (Wildman–Crippen MR) is 107 cm³/mol. The van der Waals surface area contributed by atoms with Gasteiger partial charge in [-0.05, 0) is 48.5 Å². The fourth-order valence-corrected chi connectivity index (χ4v) is 2.25. The molecule has 9 heteroatoms. The Kier molecular flexibility index (Phi) is 7.88. The van der Waals surface area contributed by atoms with Gasteiger partial charge in [-0.2, -0.15) is 0 Å². The fraction of sp³-hybridized carbons (Fsp3) is 0.150. The highest BCUT2D eigenvalue weighted by molar-refractivity contribution is 5.97. The molecule has 0 bridgehead atoms. The van der Waals surface area contributed by atoms with Crippen LogP contribution < -0.4 is 27.6 Å². The quantitative estimate of drug-likeness (QED) is 0.221. The molecule has 0 unspecified atom stereocenters. The summed E-state index contributed by atoms with van der Waals surface area (Å²) in [5, 5.41) is 13.7. The Balaban J connectivity index is 2.01. The van der Waals surface area contributed by atoms with Crippen LogP contribution in [0.2, 0.25) is 0 Å². The van der Waals surface area contributed by atoms with Crippen LogP contribution in [-0.2, 0) is 9.59 Å². The van der Waals surface area contributed by atoms with Gasteiger partial charge in [0.15, 0.2) is 0 Å². The molecule has 2 aromatic carbocycles. The second kappa shape index (κ2) is 10.6. The molecule has 0 fully saturated rings. The lowest BCUT2D eigenvalue weighted by molar-refractivity contribution is -0.130. The maximum absolute atomic E-state index is 12.2.